The molecule has 2 aromatic rings. The van der Waals surface area contributed by atoms with Crippen LogP contribution in [0.3, 0.4) is 0 Å². The minimum Gasteiger partial charge on any atom is -0.496 e. The van der Waals surface area contributed by atoms with Crippen molar-refractivity contribution < 1.29 is 4.74 Å². The van der Waals surface area contributed by atoms with Crippen molar-refractivity contribution in [3.05, 3.63) is 59.2 Å². The quantitative estimate of drug-likeness (QED) is 0.860. The summed E-state index contributed by atoms with van der Waals surface area (Å²) < 4.78 is 5.43. The third-order valence-electron chi connectivity index (χ3n) is 3.44. The first-order valence-electron chi connectivity index (χ1n) is 6.76. The van der Waals surface area contributed by atoms with Gasteiger partial charge in [-0.1, -0.05) is 29.9 Å². The van der Waals surface area contributed by atoms with Crippen LogP contribution in [0.4, 0.5) is 5.69 Å². The van der Waals surface area contributed by atoms with Gasteiger partial charge in [-0.3, -0.25) is 0 Å². The maximum absolute atomic E-state index is 5.62. The van der Waals surface area contributed by atoms with E-state index in [0.29, 0.717) is 4.99 Å². The van der Waals surface area contributed by atoms with Gasteiger partial charge in [0.2, 0.25) is 0 Å². The highest BCUT2D eigenvalue weighted by molar-refractivity contribution is 7.80. The van der Waals surface area contributed by atoms with Crippen molar-refractivity contribution in [3.63, 3.8) is 0 Å². The second-order valence-electron chi connectivity index (χ2n) is 5.08. The minimum atomic E-state index is 0.421. The molecule has 0 amide bonds. The molecule has 0 aliphatic heterocycles. The molecule has 110 valence electrons. The molecule has 0 spiro atoms. The summed E-state index contributed by atoms with van der Waals surface area (Å²) in [6.07, 6.45) is 0. The molecule has 3 nitrogen and oxygen atoms in total. The van der Waals surface area contributed by atoms with Crippen molar-refractivity contribution in [2.75, 3.05) is 19.1 Å². The van der Waals surface area contributed by atoms with Gasteiger partial charge in [0, 0.05) is 30.4 Å². The summed E-state index contributed by atoms with van der Waals surface area (Å²) in [5.74, 6) is 0.909. The number of rotatable bonds is 5. The van der Waals surface area contributed by atoms with E-state index in [2.05, 4.69) is 31.0 Å². The predicted molar refractivity (Wildman–Crippen MR) is 92.2 cm³/mol. The molecular weight excluding hydrogens is 280 g/mol. The smallest absolute Gasteiger partial charge is 0.123 e. The number of thiocarbonyl (C=S) groups is 1. The third kappa shape index (κ3) is 3.73. The minimum absolute atomic E-state index is 0.421. The second kappa shape index (κ2) is 6.59. The lowest BCUT2D eigenvalue weighted by Crippen LogP contribution is -2.17. The van der Waals surface area contributed by atoms with Gasteiger partial charge >= 0.3 is 0 Å². The second-order valence-corrected chi connectivity index (χ2v) is 5.52. The van der Waals surface area contributed by atoms with E-state index in [1.165, 1.54) is 11.1 Å². The van der Waals surface area contributed by atoms with E-state index in [0.717, 1.165) is 23.5 Å². The van der Waals surface area contributed by atoms with Gasteiger partial charge in [0.25, 0.3) is 0 Å². The van der Waals surface area contributed by atoms with Crippen LogP contribution in [0.5, 0.6) is 5.75 Å². The first-order chi connectivity index (χ1) is 10.0. The SMILES string of the molecule is COc1ccc(C)cc1CN(C)c1ccc(C(N)=S)cc1. The molecule has 21 heavy (non-hydrogen) atoms. The lowest BCUT2D eigenvalue weighted by Gasteiger charge is -2.21. The highest BCUT2D eigenvalue weighted by Crippen LogP contribution is 2.23. The number of nitrogens with zero attached hydrogens (tertiary/aromatic N) is 1. The Morgan fingerprint density at radius 1 is 1.19 bits per heavy atom. The average Bonchev–Trinajstić information content (AvgIpc) is 2.47. The molecule has 0 saturated carbocycles. The number of methoxy groups -OCH3 is 1. The standard InChI is InChI=1S/C17H20N2OS/c1-12-4-9-16(20-3)14(10-12)11-19(2)15-7-5-13(6-8-15)17(18)21/h4-10H,11H2,1-3H3,(H2,18,21). The Morgan fingerprint density at radius 3 is 2.43 bits per heavy atom. The van der Waals surface area contributed by atoms with Gasteiger partial charge < -0.3 is 15.4 Å². The maximum atomic E-state index is 5.62. The lowest BCUT2D eigenvalue weighted by atomic mass is 10.1. The van der Waals surface area contributed by atoms with Crippen molar-refractivity contribution in [2.24, 2.45) is 5.73 Å². The summed E-state index contributed by atoms with van der Waals surface area (Å²) in [7, 11) is 3.75. The van der Waals surface area contributed by atoms with Crippen molar-refractivity contribution in [1.29, 1.82) is 0 Å². The summed E-state index contributed by atoms with van der Waals surface area (Å²) in [4.78, 5) is 2.59. The molecule has 2 aromatic carbocycles. The van der Waals surface area contributed by atoms with Crippen LogP contribution >= 0.6 is 12.2 Å². The van der Waals surface area contributed by atoms with Gasteiger partial charge in [-0.15, -0.1) is 0 Å². The normalized spacial score (nSPS) is 10.2. The lowest BCUT2D eigenvalue weighted by molar-refractivity contribution is 0.409. The topological polar surface area (TPSA) is 38.5 Å². The zero-order chi connectivity index (χ0) is 15.4. The number of anilines is 1. The molecule has 0 radical (unpaired) electrons. The molecule has 0 aromatic heterocycles. The Morgan fingerprint density at radius 2 is 1.86 bits per heavy atom. The maximum Gasteiger partial charge on any atom is 0.123 e. The highest BCUT2D eigenvalue weighted by atomic mass is 32.1. The highest BCUT2D eigenvalue weighted by Gasteiger charge is 2.08. The van der Waals surface area contributed by atoms with Crippen molar-refractivity contribution in [1.82, 2.24) is 0 Å². The fourth-order valence-corrected chi connectivity index (χ4v) is 2.39. The van der Waals surface area contributed by atoms with Crippen LogP contribution in [0.15, 0.2) is 42.5 Å². The zero-order valence-corrected chi connectivity index (χ0v) is 13.4. The molecule has 0 saturated heterocycles. The molecule has 0 unspecified atom stereocenters. The molecule has 4 heteroatoms. The van der Waals surface area contributed by atoms with Gasteiger partial charge in [-0.05, 0) is 37.3 Å². The molecule has 0 heterocycles. The number of hydrogen-bond acceptors (Lipinski definition) is 3. The van der Waals surface area contributed by atoms with Crippen molar-refractivity contribution in [2.45, 2.75) is 13.5 Å². The summed E-state index contributed by atoms with van der Waals surface area (Å²) in [6.45, 7) is 2.86. The van der Waals surface area contributed by atoms with E-state index in [9.17, 15) is 0 Å². The van der Waals surface area contributed by atoms with Crippen LogP contribution in [-0.4, -0.2) is 19.1 Å². The first-order valence-corrected chi connectivity index (χ1v) is 7.16. The van der Waals surface area contributed by atoms with Gasteiger partial charge in [-0.2, -0.15) is 0 Å². The van der Waals surface area contributed by atoms with E-state index in [1.54, 1.807) is 7.11 Å². The van der Waals surface area contributed by atoms with Gasteiger partial charge in [0.15, 0.2) is 0 Å². The summed E-state index contributed by atoms with van der Waals surface area (Å²) >= 11 is 4.97. The van der Waals surface area contributed by atoms with Crippen LogP contribution in [0.25, 0.3) is 0 Å². The van der Waals surface area contributed by atoms with E-state index >= 15 is 0 Å². The van der Waals surface area contributed by atoms with E-state index in [-0.39, 0.29) is 0 Å². The van der Waals surface area contributed by atoms with Crippen LogP contribution in [0.1, 0.15) is 16.7 Å². The van der Waals surface area contributed by atoms with Crippen LogP contribution < -0.4 is 15.4 Å². The summed E-state index contributed by atoms with van der Waals surface area (Å²) in [5.41, 5.74) is 10.0. The van der Waals surface area contributed by atoms with Crippen molar-refractivity contribution >= 4 is 22.9 Å². The molecule has 2 rings (SSSR count). The first kappa shape index (κ1) is 15.3. The monoisotopic (exact) mass is 300 g/mol. The fraction of sp³-hybridized carbons (Fsp3) is 0.235. The van der Waals surface area contributed by atoms with Crippen LogP contribution in [0.2, 0.25) is 0 Å². The fourth-order valence-electron chi connectivity index (χ4n) is 2.26. The number of ether oxygens (including phenoxy) is 1. The van der Waals surface area contributed by atoms with E-state index in [4.69, 9.17) is 22.7 Å². The Hall–Kier alpha value is -2.07. The Labute approximate surface area is 131 Å². The zero-order valence-electron chi connectivity index (χ0n) is 12.6. The van der Waals surface area contributed by atoms with Crippen molar-refractivity contribution in [3.8, 4) is 5.75 Å². The molecule has 0 atom stereocenters. The Bertz CT molecular complexity index is 638. The predicted octanol–water partition coefficient (Wildman–Crippen LogP) is 3.27. The molecular formula is C17H20N2OS. The molecule has 0 aliphatic carbocycles. The van der Waals surface area contributed by atoms with Gasteiger partial charge in [0.1, 0.15) is 10.7 Å². The number of nitrogens with two attached hydrogens (primary N) is 1. The Kier molecular flexibility index (Phi) is 4.81. The summed E-state index contributed by atoms with van der Waals surface area (Å²) in [5, 5.41) is 0. The third-order valence-corrected chi connectivity index (χ3v) is 3.67. The van der Waals surface area contributed by atoms with Gasteiger partial charge in [-0.25, -0.2) is 0 Å². The number of hydrogen-bond donors (Lipinski definition) is 1. The van der Waals surface area contributed by atoms with E-state index < -0.39 is 0 Å². The largest absolute Gasteiger partial charge is 0.496 e. The summed E-state index contributed by atoms with van der Waals surface area (Å²) in [6, 6.07) is 14.2. The molecule has 0 bridgehead atoms. The van der Waals surface area contributed by atoms with Crippen LogP contribution in [-0.2, 0) is 6.54 Å². The average molecular weight is 300 g/mol. The van der Waals surface area contributed by atoms with Crippen LogP contribution in [0, 0.1) is 6.92 Å². The number of aryl methyl sites for hydroxylation is 1. The van der Waals surface area contributed by atoms with Gasteiger partial charge in [0.05, 0.1) is 7.11 Å². The number of benzene rings is 2. The molecule has 2 N–H and O–H groups in total. The molecule has 0 aliphatic rings. The van der Waals surface area contributed by atoms with E-state index in [1.807, 2.05) is 30.3 Å². The Balaban J connectivity index is 2.19. The molecule has 0 fully saturated rings.